The lowest BCUT2D eigenvalue weighted by atomic mass is 10.1. The minimum absolute atomic E-state index is 0.0441. The summed E-state index contributed by atoms with van der Waals surface area (Å²) in [6.07, 6.45) is 2.88. The van der Waals surface area contributed by atoms with Gasteiger partial charge in [0.25, 0.3) is 0 Å². The van der Waals surface area contributed by atoms with Gasteiger partial charge in [-0.1, -0.05) is 48.0 Å². The number of nitrogens with zero attached hydrogens (tertiary/aromatic N) is 3. The average molecular weight is 436 g/mol. The third-order valence-corrected chi connectivity index (χ3v) is 5.58. The van der Waals surface area contributed by atoms with Crippen LogP contribution in [0.1, 0.15) is 30.0 Å². The molecule has 4 rings (SSSR count). The predicted octanol–water partition coefficient (Wildman–Crippen LogP) is 4.66. The van der Waals surface area contributed by atoms with Gasteiger partial charge in [0.15, 0.2) is 0 Å². The van der Waals surface area contributed by atoms with Crippen molar-refractivity contribution in [2.75, 3.05) is 32.8 Å². The van der Waals surface area contributed by atoms with Crippen molar-refractivity contribution in [3.05, 3.63) is 89.0 Å². The Balaban J connectivity index is 1.32. The van der Waals surface area contributed by atoms with E-state index in [9.17, 15) is 4.39 Å². The normalized spacial score (nSPS) is 17.5. The molecule has 0 spiro atoms. The fourth-order valence-electron chi connectivity index (χ4n) is 4.01. The Morgan fingerprint density at radius 3 is 2.84 bits per heavy atom. The quantitative estimate of drug-likeness (QED) is 0.516. The van der Waals surface area contributed by atoms with Crippen molar-refractivity contribution in [2.45, 2.75) is 19.4 Å². The number of morpholine rings is 1. The van der Waals surface area contributed by atoms with Gasteiger partial charge in [0.05, 0.1) is 18.9 Å². The molecule has 6 heteroatoms. The van der Waals surface area contributed by atoms with Crippen molar-refractivity contribution >= 4 is 6.08 Å². The molecule has 1 aliphatic heterocycles. The molecule has 1 unspecified atom stereocenters. The first-order valence-corrected chi connectivity index (χ1v) is 11.0. The van der Waals surface area contributed by atoms with Crippen molar-refractivity contribution in [3.8, 4) is 5.75 Å². The zero-order valence-corrected chi connectivity index (χ0v) is 18.7. The molecule has 0 amide bonds. The van der Waals surface area contributed by atoms with Crippen LogP contribution in [0, 0.1) is 5.82 Å². The number of halogens is 1. The highest BCUT2D eigenvalue weighted by atomic mass is 19.1. The van der Waals surface area contributed by atoms with Gasteiger partial charge in [0.1, 0.15) is 17.7 Å². The zero-order valence-electron chi connectivity index (χ0n) is 18.7. The van der Waals surface area contributed by atoms with E-state index in [1.807, 2.05) is 17.8 Å². The Bertz CT molecular complexity index is 1050. The van der Waals surface area contributed by atoms with E-state index >= 15 is 0 Å². The van der Waals surface area contributed by atoms with E-state index in [0.29, 0.717) is 25.4 Å². The van der Waals surface area contributed by atoms with Crippen LogP contribution in [-0.2, 0) is 18.2 Å². The number of ether oxygens (including phenoxy) is 2. The minimum Gasteiger partial charge on any atom is -0.493 e. The van der Waals surface area contributed by atoms with Gasteiger partial charge in [0, 0.05) is 44.9 Å². The Morgan fingerprint density at radius 1 is 1.19 bits per heavy atom. The molecular weight excluding hydrogens is 405 g/mol. The Morgan fingerprint density at radius 2 is 2.03 bits per heavy atom. The van der Waals surface area contributed by atoms with Crippen LogP contribution in [0.5, 0.6) is 5.75 Å². The van der Waals surface area contributed by atoms with Crippen LogP contribution in [0.3, 0.4) is 0 Å². The van der Waals surface area contributed by atoms with Crippen molar-refractivity contribution < 1.29 is 13.9 Å². The molecule has 1 fully saturated rings. The van der Waals surface area contributed by atoms with Gasteiger partial charge < -0.3 is 9.47 Å². The summed E-state index contributed by atoms with van der Waals surface area (Å²) < 4.78 is 26.9. The number of aryl methyl sites for hydroxylation is 1. The van der Waals surface area contributed by atoms with E-state index in [1.165, 1.54) is 23.3 Å². The third kappa shape index (κ3) is 6.05. The van der Waals surface area contributed by atoms with Crippen molar-refractivity contribution in [3.63, 3.8) is 0 Å². The smallest absolute Gasteiger partial charge is 0.126 e. The van der Waals surface area contributed by atoms with E-state index in [0.717, 1.165) is 31.0 Å². The first kappa shape index (κ1) is 22.2. The molecule has 1 aromatic heterocycles. The Hall–Kier alpha value is -2.96. The largest absolute Gasteiger partial charge is 0.493 e. The molecule has 1 aliphatic rings. The molecule has 0 N–H and O–H groups in total. The molecule has 3 aromatic rings. The Kier molecular flexibility index (Phi) is 7.35. The summed E-state index contributed by atoms with van der Waals surface area (Å²) in [7, 11) is 1.94. The molecule has 5 nitrogen and oxygen atoms in total. The van der Waals surface area contributed by atoms with Gasteiger partial charge in [-0.3, -0.25) is 9.58 Å². The summed E-state index contributed by atoms with van der Waals surface area (Å²) in [5.74, 6) is 0.246. The lowest BCUT2D eigenvalue weighted by Crippen LogP contribution is -2.39. The van der Waals surface area contributed by atoms with Crippen LogP contribution in [0.4, 0.5) is 4.39 Å². The first-order chi connectivity index (χ1) is 15.6. The van der Waals surface area contributed by atoms with Crippen LogP contribution in [-0.4, -0.2) is 47.5 Å². The van der Waals surface area contributed by atoms with Gasteiger partial charge in [-0.15, -0.1) is 0 Å². The SMILES string of the molecule is CC(=Cc1ccccc1)CN1CCOC(c2cc(CCOc3cccc(F)c3)n(C)n2)C1. The van der Waals surface area contributed by atoms with Crippen LogP contribution in [0.15, 0.2) is 66.2 Å². The topological polar surface area (TPSA) is 39.5 Å². The molecule has 0 bridgehead atoms. The van der Waals surface area contributed by atoms with Gasteiger partial charge in [0.2, 0.25) is 0 Å². The van der Waals surface area contributed by atoms with E-state index < -0.39 is 0 Å². The third-order valence-electron chi connectivity index (χ3n) is 5.58. The molecule has 2 heterocycles. The molecule has 0 radical (unpaired) electrons. The van der Waals surface area contributed by atoms with Gasteiger partial charge in [-0.2, -0.15) is 5.10 Å². The monoisotopic (exact) mass is 435 g/mol. The van der Waals surface area contributed by atoms with Crippen LogP contribution < -0.4 is 4.74 Å². The highest BCUT2D eigenvalue weighted by Crippen LogP contribution is 2.23. The lowest BCUT2D eigenvalue weighted by molar-refractivity contribution is -0.0291. The molecular formula is C26H30FN3O2. The van der Waals surface area contributed by atoms with E-state index in [4.69, 9.17) is 14.6 Å². The maximum Gasteiger partial charge on any atom is 0.126 e. The number of benzene rings is 2. The van der Waals surface area contributed by atoms with E-state index in [-0.39, 0.29) is 11.9 Å². The summed E-state index contributed by atoms with van der Waals surface area (Å²) in [5, 5.41) is 4.69. The van der Waals surface area contributed by atoms with Crippen LogP contribution in [0.25, 0.3) is 6.08 Å². The summed E-state index contributed by atoms with van der Waals surface area (Å²) >= 11 is 0. The molecule has 168 valence electrons. The van der Waals surface area contributed by atoms with Gasteiger partial charge in [-0.05, 0) is 30.7 Å². The Labute approximate surface area is 189 Å². The van der Waals surface area contributed by atoms with Crippen LogP contribution >= 0.6 is 0 Å². The second-order valence-electron chi connectivity index (χ2n) is 8.24. The predicted molar refractivity (Wildman–Crippen MR) is 124 cm³/mol. The molecule has 32 heavy (non-hydrogen) atoms. The molecule has 1 saturated heterocycles. The summed E-state index contributed by atoms with van der Waals surface area (Å²) in [5.41, 5.74) is 4.57. The van der Waals surface area contributed by atoms with Crippen LogP contribution in [0.2, 0.25) is 0 Å². The minimum atomic E-state index is -0.293. The summed E-state index contributed by atoms with van der Waals surface area (Å²) in [6, 6.07) is 18.7. The number of hydrogen-bond donors (Lipinski definition) is 0. The van der Waals surface area contributed by atoms with Gasteiger partial charge >= 0.3 is 0 Å². The summed E-state index contributed by atoms with van der Waals surface area (Å²) in [6.45, 7) is 5.97. The average Bonchev–Trinajstić information content (AvgIpc) is 3.15. The molecule has 1 atom stereocenters. The van der Waals surface area contributed by atoms with Crippen molar-refractivity contribution in [1.29, 1.82) is 0 Å². The lowest BCUT2D eigenvalue weighted by Gasteiger charge is -2.32. The molecule has 0 saturated carbocycles. The van der Waals surface area contributed by atoms with E-state index in [2.05, 4.69) is 48.2 Å². The second-order valence-corrected chi connectivity index (χ2v) is 8.24. The molecule has 2 aromatic carbocycles. The van der Waals surface area contributed by atoms with Gasteiger partial charge in [-0.25, -0.2) is 4.39 Å². The fourth-order valence-corrected chi connectivity index (χ4v) is 4.01. The summed E-state index contributed by atoms with van der Waals surface area (Å²) in [4.78, 5) is 2.42. The number of aromatic nitrogens is 2. The van der Waals surface area contributed by atoms with E-state index in [1.54, 1.807) is 12.1 Å². The van der Waals surface area contributed by atoms with Crippen molar-refractivity contribution in [2.24, 2.45) is 7.05 Å². The number of hydrogen-bond acceptors (Lipinski definition) is 4. The standard InChI is InChI=1S/C26H30FN3O2/c1-20(15-21-7-4-3-5-8-21)18-30-12-14-32-26(19-30)25-17-23(29(2)28-25)11-13-31-24-10-6-9-22(27)16-24/h3-10,15-17,26H,11-14,18-19H2,1-2H3. The fraction of sp³-hybridized carbons (Fsp3) is 0.346. The highest BCUT2D eigenvalue weighted by Gasteiger charge is 2.24. The highest BCUT2D eigenvalue weighted by molar-refractivity contribution is 5.52. The maximum absolute atomic E-state index is 13.3. The van der Waals surface area contributed by atoms with Crippen molar-refractivity contribution in [1.82, 2.24) is 14.7 Å². The maximum atomic E-state index is 13.3. The second kappa shape index (κ2) is 10.6. The zero-order chi connectivity index (χ0) is 22.3. The molecule has 0 aliphatic carbocycles. The first-order valence-electron chi connectivity index (χ1n) is 11.0. The number of rotatable bonds is 8.